The number of pyridine rings is 1. The number of nitrogens with one attached hydrogen (secondary N) is 1. The standard InChI is InChI=1S/C11H16N2O2/c1-3-8(2)6-12-10-5-4-9(7-13-10)11(14)15/h4-5,7-8H,3,6H2,1-2H3,(H,12,13)(H,14,15). The van der Waals surface area contributed by atoms with Gasteiger partial charge in [-0.2, -0.15) is 0 Å². The highest BCUT2D eigenvalue weighted by molar-refractivity contribution is 5.87. The highest BCUT2D eigenvalue weighted by Crippen LogP contribution is 2.07. The molecular weight excluding hydrogens is 192 g/mol. The van der Waals surface area contributed by atoms with Gasteiger partial charge in [0.25, 0.3) is 0 Å². The zero-order chi connectivity index (χ0) is 11.3. The molecule has 0 aliphatic carbocycles. The molecule has 82 valence electrons. The number of rotatable bonds is 5. The number of carboxylic acids is 1. The van der Waals surface area contributed by atoms with Gasteiger partial charge in [-0.25, -0.2) is 9.78 Å². The lowest BCUT2D eigenvalue weighted by Crippen LogP contribution is -2.11. The van der Waals surface area contributed by atoms with Crippen LogP contribution in [0.1, 0.15) is 30.6 Å². The van der Waals surface area contributed by atoms with Gasteiger partial charge >= 0.3 is 5.97 Å². The summed E-state index contributed by atoms with van der Waals surface area (Å²) in [4.78, 5) is 14.6. The number of carbonyl (C=O) groups is 1. The molecule has 1 heterocycles. The number of anilines is 1. The van der Waals surface area contributed by atoms with E-state index in [1.54, 1.807) is 12.1 Å². The van der Waals surface area contributed by atoms with Gasteiger partial charge in [-0.1, -0.05) is 20.3 Å². The van der Waals surface area contributed by atoms with Crippen molar-refractivity contribution in [2.24, 2.45) is 5.92 Å². The van der Waals surface area contributed by atoms with E-state index in [0.717, 1.165) is 18.8 Å². The van der Waals surface area contributed by atoms with Gasteiger partial charge in [-0.3, -0.25) is 0 Å². The molecule has 15 heavy (non-hydrogen) atoms. The summed E-state index contributed by atoms with van der Waals surface area (Å²) in [6.07, 6.45) is 2.47. The highest BCUT2D eigenvalue weighted by Gasteiger charge is 2.03. The second-order valence-corrected chi connectivity index (χ2v) is 3.63. The van der Waals surface area contributed by atoms with E-state index in [4.69, 9.17) is 5.11 Å². The monoisotopic (exact) mass is 208 g/mol. The van der Waals surface area contributed by atoms with Crippen molar-refractivity contribution in [3.8, 4) is 0 Å². The number of nitrogens with zero attached hydrogens (tertiary/aromatic N) is 1. The number of hydrogen-bond donors (Lipinski definition) is 2. The first-order valence-corrected chi connectivity index (χ1v) is 5.06. The van der Waals surface area contributed by atoms with Crippen LogP contribution in [0.2, 0.25) is 0 Å². The SMILES string of the molecule is CCC(C)CNc1ccc(C(=O)O)cn1. The van der Waals surface area contributed by atoms with Gasteiger partial charge in [0.05, 0.1) is 5.56 Å². The molecule has 0 saturated carbocycles. The van der Waals surface area contributed by atoms with Crippen LogP contribution in [0.3, 0.4) is 0 Å². The molecule has 1 aromatic heterocycles. The molecule has 0 fully saturated rings. The fourth-order valence-electron chi connectivity index (χ4n) is 1.05. The van der Waals surface area contributed by atoms with E-state index in [0.29, 0.717) is 5.92 Å². The van der Waals surface area contributed by atoms with E-state index in [1.165, 1.54) is 6.20 Å². The zero-order valence-electron chi connectivity index (χ0n) is 9.03. The van der Waals surface area contributed by atoms with Crippen molar-refractivity contribution in [2.45, 2.75) is 20.3 Å². The fraction of sp³-hybridized carbons (Fsp3) is 0.455. The summed E-state index contributed by atoms with van der Waals surface area (Å²) < 4.78 is 0. The normalized spacial score (nSPS) is 12.1. The van der Waals surface area contributed by atoms with Gasteiger partial charge in [0.15, 0.2) is 0 Å². The van der Waals surface area contributed by atoms with Gasteiger partial charge in [0, 0.05) is 12.7 Å². The second kappa shape index (κ2) is 5.34. The van der Waals surface area contributed by atoms with E-state index >= 15 is 0 Å². The minimum atomic E-state index is -0.948. The lowest BCUT2D eigenvalue weighted by atomic mass is 10.1. The minimum Gasteiger partial charge on any atom is -0.478 e. The van der Waals surface area contributed by atoms with Gasteiger partial charge in [0.2, 0.25) is 0 Å². The van der Waals surface area contributed by atoms with Crippen LogP contribution in [0.4, 0.5) is 5.82 Å². The molecule has 1 unspecified atom stereocenters. The van der Waals surface area contributed by atoms with Crippen molar-refractivity contribution >= 4 is 11.8 Å². The Hall–Kier alpha value is -1.58. The van der Waals surface area contributed by atoms with Crippen molar-refractivity contribution in [3.63, 3.8) is 0 Å². The zero-order valence-corrected chi connectivity index (χ0v) is 9.03. The summed E-state index contributed by atoms with van der Waals surface area (Å²) in [5.41, 5.74) is 0.212. The molecule has 2 N–H and O–H groups in total. The van der Waals surface area contributed by atoms with Crippen LogP contribution >= 0.6 is 0 Å². The predicted molar refractivity (Wildman–Crippen MR) is 59.1 cm³/mol. The average Bonchev–Trinajstić information content (AvgIpc) is 2.26. The van der Waals surface area contributed by atoms with Gasteiger partial charge in [0.1, 0.15) is 5.82 Å². The molecule has 0 amide bonds. The Bertz CT molecular complexity index is 322. The molecule has 1 rings (SSSR count). The summed E-state index contributed by atoms with van der Waals surface area (Å²) in [7, 11) is 0. The molecule has 0 aromatic carbocycles. The first-order chi connectivity index (χ1) is 7.13. The predicted octanol–water partition coefficient (Wildman–Crippen LogP) is 2.24. The van der Waals surface area contributed by atoms with E-state index in [9.17, 15) is 4.79 Å². The van der Waals surface area contributed by atoms with Crippen LogP contribution in [0, 0.1) is 5.92 Å². The molecule has 0 bridgehead atoms. The number of hydrogen-bond acceptors (Lipinski definition) is 3. The largest absolute Gasteiger partial charge is 0.478 e. The smallest absolute Gasteiger partial charge is 0.337 e. The third kappa shape index (κ3) is 3.58. The third-order valence-corrected chi connectivity index (χ3v) is 2.34. The maximum atomic E-state index is 10.6. The Morgan fingerprint density at radius 3 is 2.80 bits per heavy atom. The Morgan fingerprint density at radius 1 is 1.60 bits per heavy atom. The first-order valence-electron chi connectivity index (χ1n) is 5.06. The minimum absolute atomic E-state index is 0.212. The van der Waals surface area contributed by atoms with E-state index in [-0.39, 0.29) is 5.56 Å². The van der Waals surface area contributed by atoms with Gasteiger partial charge < -0.3 is 10.4 Å². The van der Waals surface area contributed by atoms with E-state index < -0.39 is 5.97 Å². The van der Waals surface area contributed by atoms with Gasteiger partial charge in [-0.05, 0) is 18.1 Å². The molecule has 4 heteroatoms. The molecule has 1 atom stereocenters. The molecule has 0 radical (unpaired) electrons. The average molecular weight is 208 g/mol. The summed E-state index contributed by atoms with van der Waals surface area (Å²) in [5, 5.41) is 11.8. The second-order valence-electron chi connectivity index (χ2n) is 3.63. The highest BCUT2D eigenvalue weighted by atomic mass is 16.4. The Labute approximate surface area is 89.3 Å². The Balaban J connectivity index is 2.53. The van der Waals surface area contributed by atoms with Crippen LogP contribution in [0.15, 0.2) is 18.3 Å². The fourth-order valence-corrected chi connectivity index (χ4v) is 1.05. The number of aromatic nitrogens is 1. The number of carboxylic acid groups (broad SMARTS) is 1. The molecule has 0 aliphatic rings. The molecular formula is C11H16N2O2. The van der Waals surface area contributed by atoms with Crippen LogP contribution in [-0.2, 0) is 0 Å². The summed E-state index contributed by atoms with van der Waals surface area (Å²) >= 11 is 0. The maximum Gasteiger partial charge on any atom is 0.337 e. The quantitative estimate of drug-likeness (QED) is 0.779. The summed E-state index contributed by atoms with van der Waals surface area (Å²) in [5.74, 6) is 0.363. The van der Waals surface area contributed by atoms with E-state index in [1.807, 2.05) is 0 Å². The molecule has 0 spiro atoms. The Kier molecular flexibility index (Phi) is 4.09. The van der Waals surface area contributed by atoms with Crippen molar-refractivity contribution in [1.82, 2.24) is 4.98 Å². The summed E-state index contributed by atoms with van der Waals surface area (Å²) in [6.45, 7) is 5.14. The van der Waals surface area contributed by atoms with Crippen LogP contribution in [-0.4, -0.2) is 22.6 Å². The topological polar surface area (TPSA) is 62.2 Å². The lowest BCUT2D eigenvalue weighted by Gasteiger charge is -2.10. The molecule has 1 aromatic rings. The third-order valence-electron chi connectivity index (χ3n) is 2.34. The van der Waals surface area contributed by atoms with Crippen molar-refractivity contribution < 1.29 is 9.90 Å². The van der Waals surface area contributed by atoms with Crippen LogP contribution in [0.5, 0.6) is 0 Å². The maximum absolute atomic E-state index is 10.6. The van der Waals surface area contributed by atoms with Gasteiger partial charge in [-0.15, -0.1) is 0 Å². The molecule has 0 aliphatic heterocycles. The van der Waals surface area contributed by atoms with E-state index in [2.05, 4.69) is 24.1 Å². The first kappa shape index (κ1) is 11.5. The lowest BCUT2D eigenvalue weighted by molar-refractivity contribution is 0.0696. The van der Waals surface area contributed by atoms with Crippen molar-refractivity contribution in [2.75, 3.05) is 11.9 Å². The van der Waals surface area contributed by atoms with Crippen molar-refractivity contribution in [3.05, 3.63) is 23.9 Å². The van der Waals surface area contributed by atoms with Crippen molar-refractivity contribution in [1.29, 1.82) is 0 Å². The van der Waals surface area contributed by atoms with Crippen LogP contribution < -0.4 is 5.32 Å². The number of aromatic carboxylic acids is 1. The van der Waals surface area contributed by atoms with Crippen LogP contribution in [0.25, 0.3) is 0 Å². The Morgan fingerprint density at radius 2 is 2.33 bits per heavy atom. The molecule has 4 nitrogen and oxygen atoms in total. The summed E-state index contributed by atoms with van der Waals surface area (Å²) in [6, 6.07) is 3.24. The molecule has 0 saturated heterocycles.